The summed E-state index contributed by atoms with van der Waals surface area (Å²) in [6, 6.07) is 12.4. The number of aryl methyl sites for hydroxylation is 2. The van der Waals surface area contributed by atoms with Crippen LogP contribution in [0, 0.1) is 20.8 Å². The Hall–Kier alpha value is -2.29. The third kappa shape index (κ3) is 3.85. The van der Waals surface area contributed by atoms with Crippen molar-refractivity contribution in [3.05, 3.63) is 58.7 Å². The molecule has 21 heavy (non-hydrogen) atoms. The molecule has 2 rings (SSSR count). The standard InChI is InChI=1S/C18H22N2O/c1-12-8-9-13(2)16(10-12)11-19-17-6-5-7-18(14(17)3)20-15(4)21/h5-10,19H,11H2,1-4H3,(H,20,21). The van der Waals surface area contributed by atoms with Crippen molar-refractivity contribution in [3.8, 4) is 0 Å². The van der Waals surface area contributed by atoms with Crippen LogP contribution in [0.25, 0.3) is 0 Å². The maximum absolute atomic E-state index is 11.2. The zero-order chi connectivity index (χ0) is 15.4. The van der Waals surface area contributed by atoms with Crippen molar-refractivity contribution < 1.29 is 4.79 Å². The molecule has 0 bridgehead atoms. The van der Waals surface area contributed by atoms with Crippen molar-refractivity contribution in [2.24, 2.45) is 0 Å². The van der Waals surface area contributed by atoms with Crippen LogP contribution in [0.5, 0.6) is 0 Å². The number of nitrogens with one attached hydrogen (secondary N) is 2. The Morgan fingerprint density at radius 3 is 2.48 bits per heavy atom. The SMILES string of the molecule is CC(=O)Nc1cccc(NCc2cc(C)ccc2C)c1C. The Morgan fingerprint density at radius 2 is 1.76 bits per heavy atom. The quantitative estimate of drug-likeness (QED) is 0.883. The van der Waals surface area contributed by atoms with E-state index in [-0.39, 0.29) is 5.91 Å². The minimum Gasteiger partial charge on any atom is -0.381 e. The molecule has 3 heteroatoms. The van der Waals surface area contributed by atoms with E-state index < -0.39 is 0 Å². The highest BCUT2D eigenvalue weighted by atomic mass is 16.1. The lowest BCUT2D eigenvalue weighted by atomic mass is 10.1. The van der Waals surface area contributed by atoms with E-state index in [1.54, 1.807) is 0 Å². The maximum atomic E-state index is 11.2. The molecule has 0 saturated carbocycles. The first kappa shape index (κ1) is 15.1. The minimum absolute atomic E-state index is 0.0511. The molecule has 2 N–H and O–H groups in total. The van der Waals surface area contributed by atoms with Crippen LogP contribution in [0.1, 0.15) is 29.2 Å². The minimum atomic E-state index is -0.0511. The molecular weight excluding hydrogens is 260 g/mol. The van der Waals surface area contributed by atoms with Gasteiger partial charge in [-0.3, -0.25) is 4.79 Å². The van der Waals surface area contributed by atoms with Gasteiger partial charge in [0, 0.05) is 24.8 Å². The summed E-state index contributed by atoms with van der Waals surface area (Å²) in [6.07, 6.45) is 0. The van der Waals surface area contributed by atoms with Gasteiger partial charge in [-0.1, -0.05) is 29.8 Å². The van der Waals surface area contributed by atoms with E-state index >= 15 is 0 Å². The summed E-state index contributed by atoms with van der Waals surface area (Å²) in [7, 11) is 0. The average molecular weight is 282 g/mol. The first-order chi connectivity index (χ1) is 9.97. The van der Waals surface area contributed by atoms with Crippen LogP contribution in [0.3, 0.4) is 0 Å². The monoisotopic (exact) mass is 282 g/mol. The third-order valence-corrected chi connectivity index (χ3v) is 3.62. The Balaban J connectivity index is 2.16. The number of benzene rings is 2. The first-order valence-electron chi connectivity index (χ1n) is 7.14. The topological polar surface area (TPSA) is 41.1 Å². The predicted molar refractivity (Wildman–Crippen MR) is 88.7 cm³/mol. The van der Waals surface area contributed by atoms with Crippen LogP contribution in [0.15, 0.2) is 36.4 Å². The molecule has 0 aromatic heterocycles. The van der Waals surface area contributed by atoms with Crippen LogP contribution in [0.4, 0.5) is 11.4 Å². The number of hydrogen-bond donors (Lipinski definition) is 2. The van der Waals surface area contributed by atoms with Gasteiger partial charge in [-0.2, -0.15) is 0 Å². The summed E-state index contributed by atoms with van der Waals surface area (Å²) in [5, 5.41) is 6.31. The molecule has 2 aromatic carbocycles. The van der Waals surface area contributed by atoms with Crippen molar-refractivity contribution in [2.45, 2.75) is 34.2 Å². The highest BCUT2D eigenvalue weighted by Crippen LogP contribution is 2.24. The van der Waals surface area contributed by atoms with E-state index in [1.165, 1.54) is 23.6 Å². The molecule has 3 nitrogen and oxygen atoms in total. The van der Waals surface area contributed by atoms with E-state index in [0.29, 0.717) is 0 Å². The zero-order valence-corrected chi connectivity index (χ0v) is 13.1. The smallest absolute Gasteiger partial charge is 0.221 e. The van der Waals surface area contributed by atoms with Crippen molar-refractivity contribution in [2.75, 3.05) is 10.6 Å². The van der Waals surface area contributed by atoms with Gasteiger partial charge in [0.25, 0.3) is 0 Å². The van der Waals surface area contributed by atoms with Gasteiger partial charge < -0.3 is 10.6 Å². The van der Waals surface area contributed by atoms with Gasteiger partial charge >= 0.3 is 0 Å². The van der Waals surface area contributed by atoms with Crippen LogP contribution in [0.2, 0.25) is 0 Å². The van der Waals surface area contributed by atoms with Gasteiger partial charge in [-0.25, -0.2) is 0 Å². The lowest BCUT2D eigenvalue weighted by molar-refractivity contribution is -0.114. The van der Waals surface area contributed by atoms with Crippen molar-refractivity contribution >= 4 is 17.3 Å². The second-order valence-corrected chi connectivity index (χ2v) is 5.44. The Bertz CT molecular complexity index is 662. The van der Waals surface area contributed by atoms with Gasteiger partial charge in [-0.05, 0) is 49.6 Å². The lowest BCUT2D eigenvalue weighted by Crippen LogP contribution is -2.09. The van der Waals surface area contributed by atoms with Gasteiger partial charge in [0.05, 0.1) is 0 Å². The molecule has 0 heterocycles. The molecule has 0 aliphatic rings. The van der Waals surface area contributed by atoms with Gasteiger partial charge in [0.15, 0.2) is 0 Å². The Kier molecular flexibility index (Phi) is 4.63. The fraction of sp³-hybridized carbons (Fsp3) is 0.278. The molecular formula is C18H22N2O. The van der Waals surface area contributed by atoms with Crippen molar-refractivity contribution in [1.29, 1.82) is 0 Å². The van der Waals surface area contributed by atoms with Gasteiger partial charge in [-0.15, -0.1) is 0 Å². The first-order valence-corrected chi connectivity index (χ1v) is 7.14. The highest BCUT2D eigenvalue weighted by Gasteiger charge is 2.06. The van der Waals surface area contributed by atoms with E-state index in [0.717, 1.165) is 23.5 Å². The lowest BCUT2D eigenvalue weighted by Gasteiger charge is -2.15. The molecule has 0 radical (unpaired) electrons. The van der Waals surface area contributed by atoms with E-state index in [1.807, 2.05) is 25.1 Å². The Morgan fingerprint density at radius 1 is 1.05 bits per heavy atom. The van der Waals surface area contributed by atoms with E-state index in [2.05, 4.69) is 42.7 Å². The maximum Gasteiger partial charge on any atom is 0.221 e. The zero-order valence-electron chi connectivity index (χ0n) is 13.1. The van der Waals surface area contributed by atoms with Gasteiger partial charge in [0.1, 0.15) is 0 Å². The highest BCUT2D eigenvalue weighted by molar-refractivity contribution is 5.90. The molecule has 0 saturated heterocycles. The molecule has 1 amide bonds. The predicted octanol–water partition coefficient (Wildman–Crippen LogP) is 4.18. The number of carbonyl (C=O) groups excluding carboxylic acids is 1. The summed E-state index contributed by atoms with van der Waals surface area (Å²) < 4.78 is 0. The third-order valence-electron chi connectivity index (χ3n) is 3.62. The molecule has 2 aromatic rings. The van der Waals surface area contributed by atoms with Crippen molar-refractivity contribution in [1.82, 2.24) is 0 Å². The summed E-state index contributed by atoms with van der Waals surface area (Å²) >= 11 is 0. The average Bonchev–Trinajstić information content (AvgIpc) is 2.43. The van der Waals surface area contributed by atoms with E-state index in [9.17, 15) is 4.79 Å². The van der Waals surface area contributed by atoms with Crippen LogP contribution in [-0.2, 0) is 11.3 Å². The van der Waals surface area contributed by atoms with Gasteiger partial charge in [0.2, 0.25) is 5.91 Å². The molecule has 0 unspecified atom stereocenters. The number of hydrogen-bond acceptors (Lipinski definition) is 2. The van der Waals surface area contributed by atoms with Crippen LogP contribution < -0.4 is 10.6 Å². The summed E-state index contributed by atoms with van der Waals surface area (Å²) in [4.78, 5) is 11.2. The Labute approximate surface area is 126 Å². The number of amides is 1. The molecule has 0 spiro atoms. The molecule has 110 valence electrons. The van der Waals surface area contributed by atoms with Crippen molar-refractivity contribution in [3.63, 3.8) is 0 Å². The number of carbonyl (C=O) groups is 1. The summed E-state index contributed by atoms with van der Waals surface area (Å²) in [5.41, 5.74) is 6.79. The van der Waals surface area contributed by atoms with Crippen LogP contribution >= 0.6 is 0 Å². The number of rotatable bonds is 4. The normalized spacial score (nSPS) is 10.3. The van der Waals surface area contributed by atoms with Crippen LogP contribution in [-0.4, -0.2) is 5.91 Å². The fourth-order valence-corrected chi connectivity index (χ4v) is 2.33. The molecule has 0 aliphatic carbocycles. The fourth-order valence-electron chi connectivity index (χ4n) is 2.33. The molecule has 0 atom stereocenters. The number of anilines is 2. The molecule has 0 aliphatic heterocycles. The second kappa shape index (κ2) is 6.44. The summed E-state index contributed by atoms with van der Waals surface area (Å²) in [6.45, 7) is 8.53. The summed E-state index contributed by atoms with van der Waals surface area (Å²) in [5.74, 6) is -0.0511. The molecule has 0 fully saturated rings. The largest absolute Gasteiger partial charge is 0.381 e. The van der Waals surface area contributed by atoms with E-state index in [4.69, 9.17) is 0 Å². The second-order valence-electron chi connectivity index (χ2n) is 5.44.